The van der Waals surface area contributed by atoms with Crippen LogP contribution in [0.4, 0.5) is 0 Å². The quantitative estimate of drug-likeness (QED) is 0.475. The number of likely N-dealkylation sites (N-methyl/N-ethyl adjacent to an activating group) is 1. The number of hydrogen-bond acceptors (Lipinski definition) is 3. The van der Waals surface area contributed by atoms with Crippen molar-refractivity contribution in [2.45, 2.75) is 31.7 Å². The molecule has 2 N–H and O–H groups in total. The van der Waals surface area contributed by atoms with Gasteiger partial charge in [-0.15, -0.1) is 24.0 Å². The van der Waals surface area contributed by atoms with Crippen molar-refractivity contribution in [2.75, 3.05) is 33.7 Å². The Hall–Kier alpha value is -0.760. The number of halogens is 1. The predicted molar refractivity (Wildman–Crippen MR) is 97.1 cm³/mol. The van der Waals surface area contributed by atoms with E-state index in [9.17, 15) is 0 Å². The van der Waals surface area contributed by atoms with Gasteiger partial charge in [0, 0.05) is 13.1 Å². The highest BCUT2D eigenvalue weighted by atomic mass is 127. The van der Waals surface area contributed by atoms with Crippen LogP contribution in [0.25, 0.3) is 0 Å². The number of hydrogen-bond donors (Lipinski definition) is 1. The first-order valence-corrected chi connectivity index (χ1v) is 7.43. The molecule has 1 saturated heterocycles. The molecule has 0 saturated carbocycles. The first-order chi connectivity index (χ1) is 9.68. The van der Waals surface area contributed by atoms with Gasteiger partial charge in [-0.2, -0.15) is 0 Å². The molecule has 0 spiro atoms. The molecule has 6 heteroatoms. The molecule has 1 aromatic rings. The summed E-state index contributed by atoms with van der Waals surface area (Å²) in [4.78, 5) is 8.91. The zero-order chi connectivity index (χ0) is 14.4. The zero-order valence-corrected chi connectivity index (χ0v) is 15.3. The van der Waals surface area contributed by atoms with Gasteiger partial charge < -0.3 is 15.1 Å². The van der Waals surface area contributed by atoms with E-state index >= 15 is 0 Å². The van der Waals surface area contributed by atoms with E-state index in [1.54, 1.807) is 6.26 Å². The lowest BCUT2D eigenvalue weighted by Crippen LogP contribution is -2.38. The molecule has 2 heterocycles. The third-order valence-corrected chi connectivity index (χ3v) is 3.85. The number of nitrogens with two attached hydrogens (primary N) is 1. The standard InChI is InChI=1S/C15H26N4O.HI/c1-18(2)13(14-8-7-11-20-14)12-17-15(16)19-9-5-3-4-6-10-19;/h7-8,11,13H,3-6,9-10,12H2,1-2H3,(H2,16,17);1H. The molecule has 2 rings (SSSR count). The highest BCUT2D eigenvalue weighted by Gasteiger charge is 2.17. The van der Waals surface area contributed by atoms with E-state index in [2.05, 4.69) is 14.8 Å². The molecule has 0 aliphatic carbocycles. The molecule has 0 radical (unpaired) electrons. The molecule has 0 bridgehead atoms. The first kappa shape index (κ1) is 18.3. The largest absolute Gasteiger partial charge is 0.468 e. The zero-order valence-electron chi connectivity index (χ0n) is 13.0. The summed E-state index contributed by atoms with van der Waals surface area (Å²) >= 11 is 0. The molecule has 21 heavy (non-hydrogen) atoms. The highest BCUT2D eigenvalue weighted by Crippen LogP contribution is 2.19. The normalized spacial score (nSPS) is 18.2. The fraction of sp³-hybridized carbons (Fsp3) is 0.667. The summed E-state index contributed by atoms with van der Waals surface area (Å²) in [5.74, 6) is 1.60. The molecule has 5 nitrogen and oxygen atoms in total. The Kier molecular flexibility index (Phi) is 8.10. The van der Waals surface area contributed by atoms with Crippen molar-refractivity contribution < 1.29 is 4.42 Å². The second-order valence-electron chi connectivity index (χ2n) is 5.59. The van der Waals surface area contributed by atoms with Crippen LogP contribution in [-0.4, -0.2) is 49.5 Å². The van der Waals surface area contributed by atoms with Gasteiger partial charge in [0.25, 0.3) is 0 Å². The molecule has 1 aliphatic rings. The predicted octanol–water partition coefficient (Wildman–Crippen LogP) is 2.69. The monoisotopic (exact) mass is 406 g/mol. The molecule has 1 fully saturated rings. The summed E-state index contributed by atoms with van der Waals surface area (Å²) in [6.45, 7) is 2.69. The maximum absolute atomic E-state index is 6.15. The summed E-state index contributed by atoms with van der Waals surface area (Å²) < 4.78 is 5.49. The SMILES string of the molecule is CN(C)C(CN=C(N)N1CCCCCC1)c1ccco1.I. The second-order valence-corrected chi connectivity index (χ2v) is 5.59. The number of likely N-dealkylation sites (tertiary alicyclic amines) is 1. The van der Waals surface area contributed by atoms with E-state index in [-0.39, 0.29) is 30.0 Å². The van der Waals surface area contributed by atoms with Gasteiger partial charge in [-0.25, -0.2) is 0 Å². The molecule has 0 amide bonds. The maximum atomic E-state index is 6.15. The Morgan fingerprint density at radius 1 is 1.33 bits per heavy atom. The lowest BCUT2D eigenvalue weighted by molar-refractivity contribution is 0.264. The molecule has 120 valence electrons. The number of nitrogens with zero attached hydrogens (tertiary/aromatic N) is 3. The molecule has 1 aromatic heterocycles. The smallest absolute Gasteiger partial charge is 0.191 e. The maximum Gasteiger partial charge on any atom is 0.191 e. The van der Waals surface area contributed by atoms with Gasteiger partial charge in [-0.1, -0.05) is 12.8 Å². The van der Waals surface area contributed by atoms with E-state index < -0.39 is 0 Å². The van der Waals surface area contributed by atoms with Crippen molar-refractivity contribution in [3.05, 3.63) is 24.2 Å². The van der Waals surface area contributed by atoms with E-state index in [1.165, 1.54) is 25.7 Å². The van der Waals surface area contributed by atoms with Crippen LogP contribution < -0.4 is 5.73 Å². The third-order valence-electron chi connectivity index (χ3n) is 3.85. The minimum absolute atomic E-state index is 0. The minimum Gasteiger partial charge on any atom is -0.468 e. The van der Waals surface area contributed by atoms with E-state index in [4.69, 9.17) is 10.2 Å². The van der Waals surface area contributed by atoms with Crippen molar-refractivity contribution in [3.63, 3.8) is 0 Å². The van der Waals surface area contributed by atoms with Crippen LogP contribution >= 0.6 is 24.0 Å². The average Bonchev–Trinajstić information content (AvgIpc) is 2.80. The number of furan rings is 1. The Bertz CT molecular complexity index is 411. The Morgan fingerprint density at radius 3 is 2.52 bits per heavy atom. The van der Waals surface area contributed by atoms with Gasteiger partial charge in [-0.05, 0) is 39.1 Å². The Balaban J connectivity index is 0.00000220. The van der Waals surface area contributed by atoms with E-state index in [0.29, 0.717) is 12.5 Å². The number of aliphatic imine (C=N–C) groups is 1. The summed E-state index contributed by atoms with van der Waals surface area (Å²) in [5, 5.41) is 0. The molecule has 1 aliphatic heterocycles. The van der Waals surface area contributed by atoms with Crippen molar-refractivity contribution >= 4 is 29.9 Å². The van der Waals surface area contributed by atoms with Crippen molar-refractivity contribution in [1.82, 2.24) is 9.80 Å². The van der Waals surface area contributed by atoms with Crippen molar-refractivity contribution in [2.24, 2.45) is 10.7 Å². The Labute approximate surface area is 144 Å². The molecule has 1 atom stereocenters. The molecular weight excluding hydrogens is 379 g/mol. The van der Waals surface area contributed by atoms with Gasteiger partial charge in [-0.3, -0.25) is 9.89 Å². The average molecular weight is 406 g/mol. The number of rotatable bonds is 4. The van der Waals surface area contributed by atoms with Crippen LogP contribution in [0.3, 0.4) is 0 Å². The van der Waals surface area contributed by atoms with Gasteiger partial charge in [0.1, 0.15) is 5.76 Å². The van der Waals surface area contributed by atoms with Gasteiger partial charge in [0.2, 0.25) is 0 Å². The van der Waals surface area contributed by atoms with Crippen LogP contribution in [-0.2, 0) is 0 Å². The Morgan fingerprint density at radius 2 is 2.00 bits per heavy atom. The van der Waals surface area contributed by atoms with Gasteiger partial charge in [0.15, 0.2) is 5.96 Å². The van der Waals surface area contributed by atoms with Gasteiger partial charge >= 0.3 is 0 Å². The summed E-state index contributed by atoms with van der Waals surface area (Å²) in [5.41, 5.74) is 6.15. The lowest BCUT2D eigenvalue weighted by Gasteiger charge is -2.24. The molecule has 0 aromatic carbocycles. The third kappa shape index (κ3) is 5.50. The number of guanidine groups is 1. The first-order valence-electron chi connectivity index (χ1n) is 7.43. The van der Waals surface area contributed by atoms with E-state index in [1.807, 2.05) is 26.2 Å². The highest BCUT2D eigenvalue weighted by molar-refractivity contribution is 14.0. The van der Waals surface area contributed by atoms with Crippen molar-refractivity contribution in [1.29, 1.82) is 0 Å². The van der Waals surface area contributed by atoms with Gasteiger partial charge in [0.05, 0.1) is 18.8 Å². The second kappa shape index (κ2) is 9.30. The van der Waals surface area contributed by atoms with E-state index in [0.717, 1.165) is 18.8 Å². The van der Waals surface area contributed by atoms with Crippen molar-refractivity contribution in [3.8, 4) is 0 Å². The summed E-state index contributed by atoms with van der Waals surface area (Å²) in [7, 11) is 4.07. The van der Waals surface area contributed by atoms with Crippen LogP contribution in [0.1, 0.15) is 37.5 Å². The van der Waals surface area contributed by atoms with Crippen LogP contribution in [0, 0.1) is 0 Å². The minimum atomic E-state index is 0. The van der Waals surface area contributed by atoms with Crippen LogP contribution in [0.5, 0.6) is 0 Å². The topological polar surface area (TPSA) is 58.0 Å². The van der Waals surface area contributed by atoms with Crippen LogP contribution in [0.15, 0.2) is 27.8 Å². The molecule has 1 unspecified atom stereocenters. The summed E-state index contributed by atoms with van der Waals surface area (Å²) in [6, 6.07) is 4.03. The fourth-order valence-electron chi connectivity index (χ4n) is 2.57. The molecular formula is C15H27IN4O. The fourth-order valence-corrected chi connectivity index (χ4v) is 2.57. The summed E-state index contributed by atoms with van der Waals surface area (Å²) in [6.07, 6.45) is 6.73. The van der Waals surface area contributed by atoms with Crippen LogP contribution in [0.2, 0.25) is 0 Å². The lowest BCUT2D eigenvalue weighted by atomic mass is 10.2.